The number of methoxy groups -OCH3 is 2. The summed E-state index contributed by atoms with van der Waals surface area (Å²) >= 11 is 0. The number of rotatable bonds is 8. The molecule has 0 radical (unpaired) electrons. The summed E-state index contributed by atoms with van der Waals surface area (Å²) < 4.78 is 29.4. The van der Waals surface area contributed by atoms with Gasteiger partial charge in [0.1, 0.15) is 29.7 Å². The molecule has 5 nitrogen and oxygen atoms in total. The molecule has 0 aromatic heterocycles. The van der Waals surface area contributed by atoms with Crippen LogP contribution in [0.5, 0.6) is 17.2 Å². The third-order valence-corrected chi connectivity index (χ3v) is 4.37. The van der Waals surface area contributed by atoms with Gasteiger partial charge < -0.3 is 19.5 Å². The molecule has 0 aliphatic heterocycles. The zero-order chi connectivity index (χ0) is 20.6. The first-order valence-corrected chi connectivity index (χ1v) is 9.06. The topological polar surface area (TPSA) is 56.8 Å². The number of carbonyl (C=O) groups is 1. The molecule has 3 aromatic carbocycles. The number of benzene rings is 3. The third-order valence-electron chi connectivity index (χ3n) is 4.37. The molecule has 0 aliphatic carbocycles. The Balaban J connectivity index is 1.67. The van der Waals surface area contributed by atoms with Gasteiger partial charge in [-0.1, -0.05) is 24.3 Å². The Labute approximate surface area is 169 Å². The Kier molecular flexibility index (Phi) is 6.68. The Bertz CT molecular complexity index is 973. The average molecular weight is 395 g/mol. The van der Waals surface area contributed by atoms with E-state index in [0.717, 1.165) is 11.1 Å². The van der Waals surface area contributed by atoms with Crippen LogP contribution >= 0.6 is 0 Å². The maximum absolute atomic E-state index is 13.0. The van der Waals surface area contributed by atoms with E-state index in [4.69, 9.17) is 14.2 Å². The summed E-state index contributed by atoms with van der Waals surface area (Å²) in [6.07, 6.45) is 0. The first kappa shape index (κ1) is 20.2. The summed E-state index contributed by atoms with van der Waals surface area (Å²) in [6, 6.07) is 18.4. The molecule has 150 valence electrons. The van der Waals surface area contributed by atoms with Crippen molar-refractivity contribution in [2.24, 2.45) is 0 Å². The number of para-hydroxylation sites is 1. The smallest absolute Gasteiger partial charge is 0.255 e. The van der Waals surface area contributed by atoms with Gasteiger partial charge >= 0.3 is 0 Å². The second-order valence-electron chi connectivity index (χ2n) is 6.27. The van der Waals surface area contributed by atoms with E-state index in [1.165, 1.54) is 12.1 Å². The standard InChI is InChI=1S/C23H22FNO4/c1-27-19-12-9-17(22(13-19)28-2)14-25-23(26)20-5-3-4-6-21(20)29-15-16-7-10-18(24)11-8-16/h3-13H,14-15H2,1-2H3,(H,25,26). The number of carbonyl (C=O) groups excluding carboxylic acids is 1. The van der Waals surface area contributed by atoms with E-state index < -0.39 is 0 Å². The summed E-state index contributed by atoms with van der Waals surface area (Å²) in [6.45, 7) is 0.523. The fourth-order valence-electron chi connectivity index (χ4n) is 2.79. The summed E-state index contributed by atoms with van der Waals surface area (Å²) in [5.41, 5.74) is 2.05. The van der Waals surface area contributed by atoms with E-state index in [2.05, 4.69) is 5.32 Å². The fraction of sp³-hybridized carbons (Fsp3) is 0.174. The summed E-state index contributed by atoms with van der Waals surface area (Å²) in [5.74, 6) is 1.19. The van der Waals surface area contributed by atoms with Crippen molar-refractivity contribution in [3.05, 3.63) is 89.2 Å². The van der Waals surface area contributed by atoms with Gasteiger partial charge in [-0.05, 0) is 42.0 Å². The summed E-state index contributed by atoms with van der Waals surface area (Å²) in [5, 5.41) is 2.88. The van der Waals surface area contributed by atoms with Crippen LogP contribution in [0, 0.1) is 5.82 Å². The SMILES string of the molecule is COc1ccc(CNC(=O)c2ccccc2OCc2ccc(F)cc2)c(OC)c1. The average Bonchev–Trinajstić information content (AvgIpc) is 2.77. The molecule has 0 saturated carbocycles. The van der Waals surface area contributed by atoms with Gasteiger partial charge in [-0.3, -0.25) is 4.79 Å². The minimum absolute atomic E-state index is 0.233. The Morgan fingerprint density at radius 2 is 1.69 bits per heavy atom. The molecular weight excluding hydrogens is 373 g/mol. The van der Waals surface area contributed by atoms with Crippen molar-refractivity contribution in [2.75, 3.05) is 14.2 Å². The molecule has 0 fully saturated rings. The van der Waals surface area contributed by atoms with Crippen molar-refractivity contribution in [2.45, 2.75) is 13.2 Å². The number of nitrogens with one attached hydrogen (secondary N) is 1. The van der Waals surface area contributed by atoms with Gasteiger partial charge in [0, 0.05) is 18.2 Å². The van der Waals surface area contributed by atoms with Crippen molar-refractivity contribution in [3.8, 4) is 17.2 Å². The van der Waals surface area contributed by atoms with Crippen LogP contribution in [0.25, 0.3) is 0 Å². The van der Waals surface area contributed by atoms with Crippen LogP contribution in [0.15, 0.2) is 66.7 Å². The molecule has 0 unspecified atom stereocenters. The normalized spacial score (nSPS) is 10.3. The van der Waals surface area contributed by atoms with Gasteiger partial charge in [0.2, 0.25) is 0 Å². The number of hydrogen-bond donors (Lipinski definition) is 1. The lowest BCUT2D eigenvalue weighted by Gasteiger charge is -2.13. The Morgan fingerprint density at radius 3 is 2.41 bits per heavy atom. The molecule has 3 rings (SSSR count). The van der Waals surface area contributed by atoms with Crippen molar-refractivity contribution in [1.82, 2.24) is 5.32 Å². The molecule has 1 amide bonds. The molecule has 0 atom stereocenters. The third kappa shape index (κ3) is 5.25. The molecule has 0 heterocycles. The molecule has 0 saturated heterocycles. The predicted molar refractivity (Wildman–Crippen MR) is 108 cm³/mol. The van der Waals surface area contributed by atoms with Crippen LogP contribution in [0.4, 0.5) is 4.39 Å². The number of ether oxygens (including phenoxy) is 3. The van der Waals surface area contributed by atoms with Crippen LogP contribution in [0.2, 0.25) is 0 Å². The monoisotopic (exact) mass is 395 g/mol. The minimum atomic E-state index is -0.303. The van der Waals surface area contributed by atoms with Crippen molar-refractivity contribution in [1.29, 1.82) is 0 Å². The van der Waals surface area contributed by atoms with Gasteiger partial charge in [-0.2, -0.15) is 0 Å². The molecule has 0 bridgehead atoms. The zero-order valence-electron chi connectivity index (χ0n) is 16.3. The minimum Gasteiger partial charge on any atom is -0.497 e. The van der Waals surface area contributed by atoms with Crippen LogP contribution in [0.3, 0.4) is 0 Å². The van der Waals surface area contributed by atoms with E-state index in [9.17, 15) is 9.18 Å². The molecule has 0 aliphatic rings. The molecule has 6 heteroatoms. The van der Waals surface area contributed by atoms with Crippen LogP contribution < -0.4 is 19.5 Å². The van der Waals surface area contributed by atoms with Crippen molar-refractivity contribution >= 4 is 5.91 Å². The largest absolute Gasteiger partial charge is 0.497 e. The molecule has 1 N–H and O–H groups in total. The van der Waals surface area contributed by atoms with Gasteiger partial charge in [-0.15, -0.1) is 0 Å². The second-order valence-corrected chi connectivity index (χ2v) is 6.27. The Morgan fingerprint density at radius 1 is 0.931 bits per heavy atom. The molecule has 29 heavy (non-hydrogen) atoms. The predicted octanol–water partition coefficient (Wildman–Crippen LogP) is 4.35. The lowest BCUT2D eigenvalue weighted by molar-refractivity contribution is 0.0946. The highest BCUT2D eigenvalue weighted by Gasteiger charge is 2.13. The van der Waals surface area contributed by atoms with E-state index in [1.54, 1.807) is 56.7 Å². The first-order chi connectivity index (χ1) is 14.1. The maximum Gasteiger partial charge on any atom is 0.255 e. The zero-order valence-corrected chi connectivity index (χ0v) is 16.3. The molecular formula is C23H22FNO4. The van der Waals surface area contributed by atoms with Crippen LogP contribution in [-0.2, 0) is 13.2 Å². The first-order valence-electron chi connectivity index (χ1n) is 9.06. The maximum atomic E-state index is 13.0. The van der Waals surface area contributed by atoms with E-state index in [0.29, 0.717) is 22.8 Å². The highest BCUT2D eigenvalue weighted by atomic mass is 19.1. The van der Waals surface area contributed by atoms with Crippen molar-refractivity contribution in [3.63, 3.8) is 0 Å². The quantitative estimate of drug-likeness (QED) is 0.616. The van der Waals surface area contributed by atoms with Gasteiger partial charge in [-0.25, -0.2) is 4.39 Å². The summed E-state index contributed by atoms with van der Waals surface area (Å²) in [4.78, 5) is 12.7. The lowest BCUT2D eigenvalue weighted by atomic mass is 10.1. The summed E-state index contributed by atoms with van der Waals surface area (Å²) in [7, 11) is 3.15. The van der Waals surface area contributed by atoms with Crippen molar-refractivity contribution < 1.29 is 23.4 Å². The highest BCUT2D eigenvalue weighted by molar-refractivity contribution is 5.96. The molecule has 0 spiro atoms. The number of amides is 1. The highest BCUT2D eigenvalue weighted by Crippen LogP contribution is 2.25. The number of hydrogen-bond acceptors (Lipinski definition) is 4. The van der Waals surface area contributed by atoms with E-state index in [1.807, 2.05) is 12.1 Å². The molecule has 3 aromatic rings. The van der Waals surface area contributed by atoms with Crippen LogP contribution in [0.1, 0.15) is 21.5 Å². The number of halogens is 1. The lowest BCUT2D eigenvalue weighted by Crippen LogP contribution is -2.23. The van der Waals surface area contributed by atoms with E-state index >= 15 is 0 Å². The van der Waals surface area contributed by atoms with Gasteiger partial charge in [0.15, 0.2) is 0 Å². The van der Waals surface area contributed by atoms with Gasteiger partial charge in [0.05, 0.1) is 19.8 Å². The Hall–Kier alpha value is -3.54. The fourth-order valence-corrected chi connectivity index (χ4v) is 2.79. The van der Waals surface area contributed by atoms with Crippen LogP contribution in [-0.4, -0.2) is 20.1 Å². The second kappa shape index (κ2) is 9.59. The van der Waals surface area contributed by atoms with Gasteiger partial charge in [0.25, 0.3) is 5.91 Å². The van der Waals surface area contributed by atoms with E-state index in [-0.39, 0.29) is 24.9 Å².